The van der Waals surface area contributed by atoms with E-state index in [4.69, 9.17) is 4.42 Å². The van der Waals surface area contributed by atoms with Crippen molar-refractivity contribution in [1.82, 2.24) is 14.8 Å². The summed E-state index contributed by atoms with van der Waals surface area (Å²) >= 11 is 0. The molecule has 0 radical (unpaired) electrons. The van der Waals surface area contributed by atoms with Gasteiger partial charge >= 0.3 is 0 Å². The molecule has 0 aliphatic rings. The zero-order valence-electron chi connectivity index (χ0n) is 14.4. The summed E-state index contributed by atoms with van der Waals surface area (Å²) in [5.41, 5.74) is 3.82. The number of aromatic amines is 1. The molecule has 126 valence electrons. The lowest BCUT2D eigenvalue weighted by Gasteiger charge is -2.05. The lowest BCUT2D eigenvalue weighted by atomic mass is 10.1. The molecule has 3 aromatic heterocycles. The van der Waals surface area contributed by atoms with E-state index in [2.05, 4.69) is 10.1 Å². The molecule has 5 nitrogen and oxygen atoms in total. The van der Waals surface area contributed by atoms with Crippen molar-refractivity contribution in [2.24, 2.45) is 7.05 Å². The summed E-state index contributed by atoms with van der Waals surface area (Å²) in [7, 11) is 1.93. The summed E-state index contributed by atoms with van der Waals surface area (Å²) < 4.78 is 7.81. The van der Waals surface area contributed by atoms with Gasteiger partial charge in [0.15, 0.2) is 0 Å². The summed E-state index contributed by atoms with van der Waals surface area (Å²) in [6.45, 7) is 3.89. The van der Waals surface area contributed by atoms with Crippen LogP contribution < -0.4 is 5.56 Å². The molecule has 3 rings (SSSR count). The number of hydrogen-bond donors (Lipinski definition) is 1. The van der Waals surface area contributed by atoms with Crippen LogP contribution in [0.5, 0.6) is 0 Å². The predicted octanol–water partition coefficient (Wildman–Crippen LogP) is 3.41. The number of nitrogens with one attached hydrogen (secondary N) is 1. The second-order valence-corrected chi connectivity index (χ2v) is 6.16. The van der Waals surface area contributed by atoms with Crippen LogP contribution in [0.25, 0.3) is 11.3 Å². The molecule has 3 heterocycles. The van der Waals surface area contributed by atoms with Gasteiger partial charge in [0, 0.05) is 36.5 Å². The minimum absolute atomic E-state index is 0.0120. The molecule has 3 aromatic rings. The van der Waals surface area contributed by atoms with Crippen molar-refractivity contribution in [3.63, 3.8) is 0 Å². The first-order valence-electron chi connectivity index (χ1n) is 8.36. The van der Waals surface area contributed by atoms with Gasteiger partial charge in [0.2, 0.25) is 0 Å². The molecule has 1 N–H and O–H groups in total. The van der Waals surface area contributed by atoms with Gasteiger partial charge in [-0.05, 0) is 49.9 Å². The van der Waals surface area contributed by atoms with Crippen molar-refractivity contribution in [2.75, 3.05) is 0 Å². The number of aromatic nitrogens is 3. The topological polar surface area (TPSA) is 63.8 Å². The summed E-state index contributed by atoms with van der Waals surface area (Å²) in [6.07, 6.45) is 7.55. The number of hydrogen-bond acceptors (Lipinski definition) is 3. The van der Waals surface area contributed by atoms with Crippen molar-refractivity contribution in [2.45, 2.75) is 39.5 Å². The Bertz CT molecular complexity index is 886. The molecule has 5 heteroatoms. The van der Waals surface area contributed by atoms with E-state index in [1.807, 2.05) is 56.2 Å². The van der Waals surface area contributed by atoms with E-state index in [-0.39, 0.29) is 5.56 Å². The third kappa shape index (κ3) is 3.50. The maximum Gasteiger partial charge on any atom is 0.251 e. The van der Waals surface area contributed by atoms with Crippen LogP contribution in [0.15, 0.2) is 39.8 Å². The number of H-pyrrole nitrogens is 1. The van der Waals surface area contributed by atoms with Crippen LogP contribution >= 0.6 is 0 Å². The average molecular weight is 325 g/mol. The minimum atomic E-state index is -0.0120. The van der Waals surface area contributed by atoms with E-state index >= 15 is 0 Å². The fourth-order valence-electron chi connectivity index (χ4n) is 2.91. The maximum absolute atomic E-state index is 11.8. The second kappa shape index (κ2) is 6.91. The van der Waals surface area contributed by atoms with Gasteiger partial charge in [0.05, 0.1) is 6.20 Å². The van der Waals surface area contributed by atoms with Crippen LogP contribution in [-0.4, -0.2) is 14.8 Å². The minimum Gasteiger partial charge on any atom is -0.461 e. The molecule has 0 atom stereocenters. The zero-order valence-corrected chi connectivity index (χ0v) is 14.4. The van der Waals surface area contributed by atoms with Gasteiger partial charge in [0.1, 0.15) is 11.5 Å². The highest BCUT2D eigenvalue weighted by Gasteiger charge is 2.11. The Morgan fingerprint density at radius 1 is 1.29 bits per heavy atom. The third-order valence-electron chi connectivity index (χ3n) is 4.27. The number of nitrogens with zero attached hydrogens (tertiary/aromatic N) is 2. The number of aryl methyl sites for hydroxylation is 5. The lowest BCUT2D eigenvalue weighted by Crippen LogP contribution is -2.13. The van der Waals surface area contributed by atoms with Crippen LogP contribution in [0.4, 0.5) is 0 Å². The molecule has 0 aliphatic carbocycles. The summed E-state index contributed by atoms with van der Waals surface area (Å²) in [4.78, 5) is 14.8. The highest BCUT2D eigenvalue weighted by atomic mass is 16.3. The molecule has 0 amide bonds. The van der Waals surface area contributed by atoms with Gasteiger partial charge in [-0.25, -0.2) is 0 Å². The maximum atomic E-state index is 11.8. The quantitative estimate of drug-likeness (QED) is 0.755. The van der Waals surface area contributed by atoms with E-state index in [9.17, 15) is 4.79 Å². The zero-order chi connectivity index (χ0) is 17.1. The Morgan fingerprint density at radius 3 is 2.83 bits per heavy atom. The summed E-state index contributed by atoms with van der Waals surface area (Å²) in [5, 5.41) is 4.18. The van der Waals surface area contributed by atoms with E-state index in [0.29, 0.717) is 6.42 Å². The Morgan fingerprint density at radius 2 is 2.12 bits per heavy atom. The van der Waals surface area contributed by atoms with Crippen LogP contribution in [0.2, 0.25) is 0 Å². The molecule has 0 unspecified atom stereocenters. The van der Waals surface area contributed by atoms with Gasteiger partial charge in [-0.2, -0.15) is 5.10 Å². The molecule has 0 fully saturated rings. The van der Waals surface area contributed by atoms with Crippen LogP contribution in [0, 0.1) is 6.92 Å². The molecule has 0 saturated carbocycles. The molecule has 0 bridgehead atoms. The van der Waals surface area contributed by atoms with Crippen molar-refractivity contribution >= 4 is 0 Å². The van der Waals surface area contributed by atoms with E-state index in [1.165, 1.54) is 5.56 Å². The smallest absolute Gasteiger partial charge is 0.251 e. The molecular weight excluding hydrogens is 302 g/mol. The average Bonchev–Trinajstić information content (AvgIpc) is 3.17. The Hall–Kier alpha value is -2.56. The summed E-state index contributed by atoms with van der Waals surface area (Å²) in [6, 6.07) is 5.95. The van der Waals surface area contributed by atoms with Crippen molar-refractivity contribution in [3.8, 4) is 11.3 Å². The van der Waals surface area contributed by atoms with Crippen LogP contribution in [0.1, 0.15) is 35.9 Å². The van der Waals surface area contributed by atoms with Gasteiger partial charge in [-0.3, -0.25) is 9.48 Å². The SMILES string of the molecule is CCc1cc(-c2ccc(CCCc3cnn(C)c3)o2)c(C)[nH]c1=O. The molecule has 0 aliphatic heterocycles. The van der Waals surface area contributed by atoms with Crippen LogP contribution in [0.3, 0.4) is 0 Å². The highest BCUT2D eigenvalue weighted by molar-refractivity contribution is 5.61. The number of furan rings is 1. The van der Waals surface area contributed by atoms with E-state index in [1.54, 1.807) is 0 Å². The van der Waals surface area contributed by atoms with Gasteiger partial charge in [-0.1, -0.05) is 6.92 Å². The highest BCUT2D eigenvalue weighted by Crippen LogP contribution is 2.25. The first-order valence-corrected chi connectivity index (χ1v) is 8.36. The molecule has 24 heavy (non-hydrogen) atoms. The molecular formula is C19H23N3O2. The molecule has 0 saturated heterocycles. The number of pyridine rings is 1. The van der Waals surface area contributed by atoms with Gasteiger partial charge in [0.25, 0.3) is 5.56 Å². The third-order valence-corrected chi connectivity index (χ3v) is 4.27. The largest absolute Gasteiger partial charge is 0.461 e. The van der Waals surface area contributed by atoms with E-state index in [0.717, 1.165) is 47.6 Å². The standard InChI is InChI=1S/C19H23N3O2/c1-4-15-10-17(13(2)21-19(15)23)18-9-8-16(24-18)7-5-6-14-11-20-22(3)12-14/h8-12H,4-7H2,1-3H3,(H,21,23). The van der Waals surface area contributed by atoms with Crippen molar-refractivity contribution in [1.29, 1.82) is 0 Å². The fraction of sp³-hybridized carbons (Fsp3) is 0.368. The Labute approximate surface area is 141 Å². The summed E-state index contributed by atoms with van der Waals surface area (Å²) in [5.74, 6) is 1.78. The van der Waals surface area contributed by atoms with Gasteiger partial charge in [-0.15, -0.1) is 0 Å². The monoisotopic (exact) mass is 325 g/mol. The molecule has 0 aromatic carbocycles. The first-order chi connectivity index (χ1) is 11.6. The number of rotatable bonds is 6. The van der Waals surface area contributed by atoms with Gasteiger partial charge < -0.3 is 9.40 Å². The van der Waals surface area contributed by atoms with Crippen molar-refractivity contribution < 1.29 is 4.42 Å². The normalized spacial score (nSPS) is 11.1. The van der Waals surface area contributed by atoms with Crippen molar-refractivity contribution in [3.05, 3.63) is 63.5 Å². The lowest BCUT2D eigenvalue weighted by molar-refractivity contribution is 0.513. The Kier molecular flexibility index (Phi) is 4.69. The second-order valence-electron chi connectivity index (χ2n) is 6.16. The van der Waals surface area contributed by atoms with E-state index < -0.39 is 0 Å². The molecule has 0 spiro atoms. The predicted molar refractivity (Wildman–Crippen MR) is 94.1 cm³/mol. The van der Waals surface area contributed by atoms with Crippen LogP contribution in [-0.2, 0) is 26.3 Å². The first kappa shape index (κ1) is 16.3. The fourth-order valence-corrected chi connectivity index (χ4v) is 2.91. The Balaban J connectivity index is 1.70.